The molecule has 1 N–H and O–H groups in total. The van der Waals surface area contributed by atoms with E-state index in [1.165, 1.54) is 4.31 Å². The van der Waals surface area contributed by atoms with E-state index in [-0.39, 0.29) is 11.7 Å². The third kappa shape index (κ3) is 4.66. The van der Waals surface area contributed by atoms with Crippen molar-refractivity contribution in [1.29, 1.82) is 0 Å². The summed E-state index contributed by atoms with van der Waals surface area (Å²) in [6.07, 6.45) is 3.19. The summed E-state index contributed by atoms with van der Waals surface area (Å²) < 4.78 is 26.6. The van der Waals surface area contributed by atoms with Crippen LogP contribution in [0.25, 0.3) is 0 Å². The zero-order valence-electron chi connectivity index (χ0n) is 14.6. The van der Waals surface area contributed by atoms with Crippen LogP contribution in [0.4, 0.5) is 5.69 Å². The summed E-state index contributed by atoms with van der Waals surface area (Å²) in [6, 6.07) is 10.1. The van der Waals surface area contributed by atoms with Gasteiger partial charge in [0.15, 0.2) is 0 Å². The van der Waals surface area contributed by atoms with Crippen molar-refractivity contribution < 1.29 is 13.2 Å². The Morgan fingerprint density at radius 1 is 1.12 bits per heavy atom. The van der Waals surface area contributed by atoms with Crippen LogP contribution in [-0.2, 0) is 15.8 Å². The standard InChI is InChI=1S/C18H22N4O3S/c1-21-9-11-22(12-10-21)26(24,25)14-15-4-6-16(7-5-15)18(23)20-17-3-2-8-19-13-17/h2-8,13H,9-12,14H2,1H3,(H,20,23). The topological polar surface area (TPSA) is 82.6 Å². The number of rotatable bonds is 5. The molecule has 0 spiro atoms. The fourth-order valence-electron chi connectivity index (χ4n) is 2.76. The van der Waals surface area contributed by atoms with Gasteiger partial charge in [0.1, 0.15) is 0 Å². The predicted molar refractivity (Wildman–Crippen MR) is 100 cm³/mol. The number of pyridine rings is 1. The second-order valence-electron chi connectivity index (χ2n) is 6.35. The molecule has 1 aliphatic heterocycles. The van der Waals surface area contributed by atoms with Gasteiger partial charge in [-0.1, -0.05) is 12.1 Å². The maximum absolute atomic E-state index is 12.5. The molecule has 7 nitrogen and oxygen atoms in total. The molecule has 2 heterocycles. The first-order valence-corrected chi connectivity index (χ1v) is 10.0. The van der Waals surface area contributed by atoms with Crippen LogP contribution in [0.5, 0.6) is 0 Å². The molecule has 1 fully saturated rings. The molecule has 0 saturated carbocycles. The molecule has 0 unspecified atom stereocenters. The van der Waals surface area contributed by atoms with Gasteiger partial charge in [-0.15, -0.1) is 0 Å². The van der Waals surface area contributed by atoms with Gasteiger partial charge in [0.05, 0.1) is 17.6 Å². The van der Waals surface area contributed by atoms with Gasteiger partial charge >= 0.3 is 0 Å². The van der Waals surface area contributed by atoms with Crippen molar-refractivity contribution >= 4 is 21.6 Å². The number of anilines is 1. The minimum absolute atomic E-state index is 0.0543. The number of aromatic nitrogens is 1. The normalized spacial score (nSPS) is 16.3. The highest BCUT2D eigenvalue weighted by molar-refractivity contribution is 7.88. The van der Waals surface area contributed by atoms with Gasteiger partial charge in [0.25, 0.3) is 5.91 Å². The van der Waals surface area contributed by atoms with Crippen LogP contribution < -0.4 is 5.32 Å². The number of piperazine rings is 1. The maximum atomic E-state index is 12.5. The van der Waals surface area contributed by atoms with E-state index in [9.17, 15) is 13.2 Å². The smallest absolute Gasteiger partial charge is 0.255 e. The van der Waals surface area contributed by atoms with Crippen molar-refractivity contribution in [2.45, 2.75) is 5.75 Å². The number of nitrogens with one attached hydrogen (secondary N) is 1. The Hall–Kier alpha value is -2.29. The molecule has 1 amide bonds. The summed E-state index contributed by atoms with van der Waals surface area (Å²) >= 11 is 0. The minimum atomic E-state index is -3.34. The summed E-state index contributed by atoms with van der Waals surface area (Å²) in [5.41, 5.74) is 1.75. The second kappa shape index (κ2) is 7.94. The predicted octanol–water partition coefficient (Wildman–Crippen LogP) is 1.41. The van der Waals surface area contributed by atoms with Crippen molar-refractivity contribution in [2.24, 2.45) is 0 Å². The van der Waals surface area contributed by atoms with Crippen LogP contribution in [0, 0.1) is 0 Å². The highest BCUT2D eigenvalue weighted by Gasteiger charge is 2.25. The molecule has 0 atom stereocenters. The summed E-state index contributed by atoms with van der Waals surface area (Å²) in [4.78, 5) is 18.3. The number of carbonyl (C=O) groups is 1. The summed E-state index contributed by atoms with van der Waals surface area (Å²) in [5.74, 6) is -0.312. The van der Waals surface area contributed by atoms with Crippen molar-refractivity contribution in [2.75, 3.05) is 38.5 Å². The van der Waals surface area contributed by atoms with E-state index < -0.39 is 10.0 Å². The fraction of sp³-hybridized carbons (Fsp3) is 0.333. The quantitative estimate of drug-likeness (QED) is 0.856. The van der Waals surface area contributed by atoms with Gasteiger partial charge in [-0.25, -0.2) is 8.42 Å². The Balaban J connectivity index is 1.63. The Morgan fingerprint density at radius 3 is 2.42 bits per heavy atom. The minimum Gasteiger partial charge on any atom is -0.321 e. The zero-order valence-corrected chi connectivity index (χ0v) is 15.4. The highest BCUT2D eigenvalue weighted by atomic mass is 32.2. The van der Waals surface area contributed by atoms with Crippen LogP contribution in [0.15, 0.2) is 48.8 Å². The van der Waals surface area contributed by atoms with E-state index in [0.717, 1.165) is 13.1 Å². The molecule has 1 saturated heterocycles. The molecular weight excluding hydrogens is 352 g/mol. The SMILES string of the molecule is CN1CCN(S(=O)(=O)Cc2ccc(C(=O)Nc3cccnc3)cc2)CC1. The molecule has 8 heteroatoms. The number of benzene rings is 1. The van der Waals surface area contributed by atoms with Crippen LogP contribution in [0.2, 0.25) is 0 Å². The van der Waals surface area contributed by atoms with Crippen LogP contribution in [-0.4, -0.2) is 61.7 Å². The Kier molecular flexibility index (Phi) is 5.65. The lowest BCUT2D eigenvalue weighted by Crippen LogP contribution is -2.47. The molecular formula is C18H22N4O3S. The monoisotopic (exact) mass is 374 g/mol. The summed E-state index contributed by atoms with van der Waals surface area (Å²) in [5, 5.41) is 2.75. The van der Waals surface area contributed by atoms with Gasteiger partial charge in [-0.2, -0.15) is 4.31 Å². The third-order valence-corrected chi connectivity index (χ3v) is 6.19. The van der Waals surface area contributed by atoms with Gasteiger partial charge in [-0.3, -0.25) is 9.78 Å². The van der Waals surface area contributed by atoms with Gasteiger partial charge in [0, 0.05) is 37.9 Å². The summed E-state index contributed by atoms with van der Waals surface area (Å²) in [7, 11) is -1.36. The third-order valence-electron chi connectivity index (χ3n) is 4.34. The first-order chi connectivity index (χ1) is 12.4. The van der Waals surface area contributed by atoms with Crippen LogP contribution >= 0.6 is 0 Å². The lowest BCUT2D eigenvalue weighted by atomic mass is 10.1. The number of carbonyl (C=O) groups excluding carboxylic acids is 1. The molecule has 138 valence electrons. The average Bonchev–Trinajstić information content (AvgIpc) is 2.63. The molecule has 0 bridgehead atoms. The molecule has 1 aromatic heterocycles. The lowest BCUT2D eigenvalue weighted by Gasteiger charge is -2.31. The van der Waals surface area contributed by atoms with Crippen molar-refractivity contribution in [3.63, 3.8) is 0 Å². The molecule has 0 aliphatic carbocycles. The number of nitrogens with zero attached hydrogens (tertiary/aromatic N) is 3. The van der Waals surface area contributed by atoms with E-state index in [1.807, 2.05) is 7.05 Å². The van der Waals surface area contributed by atoms with Gasteiger partial charge < -0.3 is 10.2 Å². The number of hydrogen-bond donors (Lipinski definition) is 1. The largest absolute Gasteiger partial charge is 0.321 e. The molecule has 1 aromatic carbocycles. The number of amides is 1. The van der Waals surface area contributed by atoms with Crippen molar-refractivity contribution in [3.8, 4) is 0 Å². The van der Waals surface area contributed by atoms with Crippen molar-refractivity contribution in [3.05, 3.63) is 59.9 Å². The second-order valence-corrected chi connectivity index (χ2v) is 8.32. The van der Waals surface area contributed by atoms with E-state index in [1.54, 1.807) is 48.8 Å². The number of sulfonamides is 1. The fourth-order valence-corrected chi connectivity index (χ4v) is 4.28. The van der Waals surface area contributed by atoms with E-state index in [2.05, 4.69) is 15.2 Å². The van der Waals surface area contributed by atoms with E-state index in [0.29, 0.717) is 29.9 Å². The molecule has 26 heavy (non-hydrogen) atoms. The molecule has 1 aliphatic rings. The van der Waals surface area contributed by atoms with Crippen molar-refractivity contribution in [1.82, 2.24) is 14.2 Å². The Morgan fingerprint density at radius 2 is 1.81 bits per heavy atom. The Labute approximate surface area is 153 Å². The van der Waals surface area contributed by atoms with Crippen LogP contribution in [0.1, 0.15) is 15.9 Å². The first-order valence-electron chi connectivity index (χ1n) is 8.41. The number of hydrogen-bond acceptors (Lipinski definition) is 5. The summed E-state index contributed by atoms with van der Waals surface area (Å²) in [6.45, 7) is 2.52. The Bertz CT molecular complexity index is 846. The molecule has 0 radical (unpaired) electrons. The first kappa shape index (κ1) is 18.5. The zero-order chi connectivity index (χ0) is 18.6. The van der Waals surface area contributed by atoms with Gasteiger partial charge in [-0.05, 0) is 36.9 Å². The number of likely N-dealkylation sites (N-methyl/N-ethyl adjacent to an activating group) is 1. The lowest BCUT2D eigenvalue weighted by molar-refractivity contribution is 0.102. The van der Waals surface area contributed by atoms with Crippen LogP contribution in [0.3, 0.4) is 0 Å². The van der Waals surface area contributed by atoms with E-state index in [4.69, 9.17) is 0 Å². The maximum Gasteiger partial charge on any atom is 0.255 e. The average molecular weight is 374 g/mol. The molecule has 2 aromatic rings. The van der Waals surface area contributed by atoms with Gasteiger partial charge in [0.2, 0.25) is 10.0 Å². The van der Waals surface area contributed by atoms with E-state index >= 15 is 0 Å². The highest BCUT2D eigenvalue weighted by Crippen LogP contribution is 2.15. The molecule has 3 rings (SSSR count).